The van der Waals surface area contributed by atoms with Gasteiger partial charge in [0.1, 0.15) is 5.75 Å². The molecule has 1 aromatic rings. The van der Waals surface area contributed by atoms with Crippen LogP contribution in [-0.2, 0) is 6.42 Å². The van der Waals surface area contributed by atoms with Crippen molar-refractivity contribution in [2.75, 3.05) is 7.11 Å². The van der Waals surface area contributed by atoms with Crippen LogP contribution in [0.15, 0.2) is 6.07 Å². The Balaban J connectivity index is 3.12. The molecule has 1 aromatic carbocycles. The number of aryl methyl sites for hydroxylation is 2. The first-order chi connectivity index (χ1) is 7.11. The molecule has 15 heavy (non-hydrogen) atoms. The van der Waals surface area contributed by atoms with Crippen molar-refractivity contribution in [3.63, 3.8) is 0 Å². The lowest BCUT2D eigenvalue weighted by Gasteiger charge is -2.15. The first-order valence-electron chi connectivity index (χ1n) is 5.75. The molecule has 0 aliphatic rings. The lowest BCUT2D eigenvalue weighted by Crippen LogP contribution is -1.99. The molecule has 0 bridgehead atoms. The van der Waals surface area contributed by atoms with Crippen LogP contribution in [0, 0.1) is 20.8 Å². The third-order valence-electron chi connectivity index (χ3n) is 3.15. The largest absolute Gasteiger partial charge is 0.496 e. The van der Waals surface area contributed by atoms with E-state index in [1.807, 2.05) is 0 Å². The minimum atomic E-state index is 1.07. The summed E-state index contributed by atoms with van der Waals surface area (Å²) in [6, 6.07) is 2.31. The van der Waals surface area contributed by atoms with Crippen LogP contribution in [0.5, 0.6) is 5.75 Å². The maximum atomic E-state index is 5.48. The molecular weight excluding hydrogens is 184 g/mol. The highest BCUT2D eigenvalue weighted by molar-refractivity contribution is 5.49. The quantitative estimate of drug-likeness (QED) is 0.724. The molecule has 0 aliphatic carbocycles. The van der Waals surface area contributed by atoms with Gasteiger partial charge in [0.2, 0.25) is 0 Å². The first-order valence-corrected chi connectivity index (χ1v) is 5.75. The number of rotatable bonds is 4. The van der Waals surface area contributed by atoms with Gasteiger partial charge in [-0.3, -0.25) is 0 Å². The van der Waals surface area contributed by atoms with Crippen molar-refractivity contribution >= 4 is 0 Å². The minimum Gasteiger partial charge on any atom is -0.496 e. The molecule has 0 saturated carbocycles. The highest BCUT2D eigenvalue weighted by Crippen LogP contribution is 2.29. The zero-order valence-corrected chi connectivity index (χ0v) is 10.6. The van der Waals surface area contributed by atoms with Crippen LogP contribution in [0.2, 0.25) is 0 Å². The molecule has 0 heterocycles. The molecule has 0 N–H and O–H groups in total. The molecular formula is C14H22O. The lowest BCUT2D eigenvalue weighted by molar-refractivity contribution is 0.407. The molecule has 0 saturated heterocycles. The molecule has 0 radical (unpaired) electrons. The standard InChI is InChI=1S/C14H22O/c1-6-7-8-13-9-10(2)11(3)14(15-5)12(13)4/h9H,6-8H2,1-5H3. The average Bonchev–Trinajstić information content (AvgIpc) is 2.22. The number of hydrogen-bond acceptors (Lipinski definition) is 1. The molecule has 0 atom stereocenters. The SMILES string of the molecule is CCCCc1cc(C)c(C)c(OC)c1C. The van der Waals surface area contributed by atoms with E-state index in [0.29, 0.717) is 0 Å². The highest BCUT2D eigenvalue weighted by atomic mass is 16.5. The molecule has 0 unspecified atom stereocenters. The van der Waals surface area contributed by atoms with Gasteiger partial charge in [-0.25, -0.2) is 0 Å². The summed E-state index contributed by atoms with van der Waals surface area (Å²) in [6.45, 7) is 8.68. The molecule has 0 fully saturated rings. The second-order valence-corrected chi connectivity index (χ2v) is 4.24. The van der Waals surface area contributed by atoms with Gasteiger partial charge in [-0.1, -0.05) is 19.4 Å². The number of methoxy groups -OCH3 is 1. The fraction of sp³-hybridized carbons (Fsp3) is 0.571. The maximum absolute atomic E-state index is 5.48. The summed E-state index contributed by atoms with van der Waals surface area (Å²) in [7, 11) is 1.76. The Hall–Kier alpha value is -0.980. The summed E-state index contributed by atoms with van der Waals surface area (Å²) in [5, 5.41) is 0. The van der Waals surface area contributed by atoms with Crippen molar-refractivity contribution in [1.29, 1.82) is 0 Å². The molecule has 84 valence electrons. The van der Waals surface area contributed by atoms with Crippen molar-refractivity contribution in [2.45, 2.75) is 47.0 Å². The smallest absolute Gasteiger partial charge is 0.125 e. The van der Waals surface area contributed by atoms with Gasteiger partial charge in [-0.05, 0) is 55.9 Å². The topological polar surface area (TPSA) is 9.23 Å². The Morgan fingerprint density at radius 3 is 2.33 bits per heavy atom. The monoisotopic (exact) mass is 206 g/mol. The lowest BCUT2D eigenvalue weighted by atomic mass is 9.96. The second-order valence-electron chi connectivity index (χ2n) is 4.24. The van der Waals surface area contributed by atoms with E-state index in [-0.39, 0.29) is 0 Å². The van der Waals surface area contributed by atoms with Crippen molar-refractivity contribution < 1.29 is 4.74 Å². The second kappa shape index (κ2) is 5.20. The van der Waals surface area contributed by atoms with Crippen molar-refractivity contribution in [3.8, 4) is 5.75 Å². The molecule has 1 heteroatoms. The molecule has 0 amide bonds. The molecule has 1 rings (SSSR count). The van der Waals surface area contributed by atoms with E-state index >= 15 is 0 Å². The van der Waals surface area contributed by atoms with Gasteiger partial charge < -0.3 is 4.74 Å². The van der Waals surface area contributed by atoms with Crippen LogP contribution in [0.1, 0.15) is 42.0 Å². The van der Waals surface area contributed by atoms with Gasteiger partial charge in [0, 0.05) is 0 Å². The fourth-order valence-corrected chi connectivity index (χ4v) is 2.02. The molecule has 0 aromatic heterocycles. The minimum absolute atomic E-state index is 1.07. The predicted molar refractivity (Wildman–Crippen MR) is 65.8 cm³/mol. The third-order valence-corrected chi connectivity index (χ3v) is 3.15. The molecule has 0 aliphatic heterocycles. The summed E-state index contributed by atoms with van der Waals surface area (Å²) >= 11 is 0. The zero-order valence-electron chi connectivity index (χ0n) is 10.6. The Bertz CT molecular complexity index is 340. The predicted octanol–water partition coefficient (Wildman–Crippen LogP) is 3.96. The van der Waals surface area contributed by atoms with Gasteiger partial charge in [0.15, 0.2) is 0 Å². The normalized spacial score (nSPS) is 10.5. The summed E-state index contributed by atoms with van der Waals surface area (Å²) in [5.74, 6) is 1.07. The van der Waals surface area contributed by atoms with Crippen LogP contribution in [0.3, 0.4) is 0 Å². The third kappa shape index (κ3) is 2.53. The van der Waals surface area contributed by atoms with Crippen molar-refractivity contribution in [2.24, 2.45) is 0 Å². The highest BCUT2D eigenvalue weighted by Gasteiger charge is 2.10. The van der Waals surface area contributed by atoms with Crippen molar-refractivity contribution in [1.82, 2.24) is 0 Å². The average molecular weight is 206 g/mol. The summed E-state index contributed by atoms with van der Waals surface area (Å²) in [6.07, 6.45) is 3.67. The van der Waals surface area contributed by atoms with E-state index in [1.54, 1.807) is 7.11 Å². The van der Waals surface area contributed by atoms with E-state index in [0.717, 1.165) is 5.75 Å². The van der Waals surface area contributed by atoms with Crippen LogP contribution in [-0.4, -0.2) is 7.11 Å². The van der Waals surface area contributed by atoms with Gasteiger partial charge >= 0.3 is 0 Å². The Labute approximate surface area is 93.5 Å². The fourth-order valence-electron chi connectivity index (χ4n) is 2.02. The number of benzene rings is 1. The van der Waals surface area contributed by atoms with Gasteiger partial charge in [0.05, 0.1) is 7.11 Å². The Morgan fingerprint density at radius 1 is 1.13 bits per heavy atom. The van der Waals surface area contributed by atoms with Crippen LogP contribution in [0.4, 0.5) is 0 Å². The number of unbranched alkanes of at least 4 members (excludes halogenated alkanes) is 1. The number of ether oxygens (including phenoxy) is 1. The maximum Gasteiger partial charge on any atom is 0.125 e. The van der Waals surface area contributed by atoms with E-state index in [4.69, 9.17) is 4.74 Å². The van der Waals surface area contributed by atoms with E-state index in [2.05, 4.69) is 33.8 Å². The van der Waals surface area contributed by atoms with Gasteiger partial charge in [-0.15, -0.1) is 0 Å². The van der Waals surface area contributed by atoms with Crippen LogP contribution >= 0.6 is 0 Å². The van der Waals surface area contributed by atoms with E-state index in [9.17, 15) is 0 Å². The van der Waals surface area contributed by atoms with Gasteiger partial charge in [0.25, 0.3) is 0 Å². The van der Waals surface area contributed by atoms with Crippen LogP contribution in [0.25, 0.3) is 0 Å². The molecule has 1 nitrogen and oxygen atoms in total. The van der Waals surface area contributed by atoms with E-state index < -0.39 is 0 Å². The van der Waals surface area contributed by atoms with E-state index in [1.165, 1.54) is 41.5 Å². The summed E-state index contributed by atoms with van der Waals surface area (Å²) in [4.78, 5) is 0. The number of hydrogen-bond donors (Lipinski definition) is 0. The van der Waals surface area contributed by atoms with Crippen LogP contribution < -0.4 is 4.74 Å². The Kier molecular flexibility index (Phi) is 4.19. The Morgan fingerprint density at radius 2 is 1.80 bits per heavy atom. The zero-order chi connectivity index (χ0) is 11.4. The van der Waals surface area contributed by atoms with Gasteiger partial charge in [-0.2, -0.15) is 0 Å². The van der Waals surface area contributed by atoms with Crippen molar-refractivity contribution in [3.05, 3.63) is 28.3 Å². The summed E-state index contributed by atoms with van der Waals surface area (Å²) < 4.78 is 5.48. The first kappa shape index (κ1) is 12.1. The summed E-state index contributed by atoms with van der Waals surface area (Å²) in [5.41, 5.74) is 5.37. The molecule has 0 spiro atoms.